The zero-order chi connectivity index (χ0) is 13.5. The molecular weight excluding hydrogens is 232 g/mol. The Morgan fingerprint density at radius 2 is 2.05 bits per heavy atom. The van der Waals surface area contributed by atoms with E-state index in [1.165, 1.54) is 23.1 Å². The highest BCUT2D eigenvalue weighted by molar-refractivity contribution is 5.34. The molecule has 0 saturated carbocycles. The smallest absolute Gasteiger partial charge is 0.0447 e. The summed E-state index contributed by atoms with van der Waals surface area (Å²) in [4.78, 5) is 4.40. The van der Waals surface area contributed by atoms with Crippen LogP contribution in [0.25, 0.3) is 0 Å². The Kier molecular flexibility index (Phi) is 5.10. The summed E-state index contributed by atoms with van der Waals surface area (Å²) in [6.45, 7) is 6.38. The molecule has 0 spiro atoms. The van der Waals surface area contributed by atoms with E-state index in [4.69, 9.17) is 0 Å². The van der Waals surface area contributed by atoms with Crippen molar-refractivity contribution < 1.29 is 0 Å². The van der Waals surface area contributed by atoms with Crippen LogP contribution in [0.3, 0.4) is 0 Å². The first-order valence-corrected chi connectivity index (χ1v) is 6.98. The van der Waals surface area contributed by atoms with E-state index < -0.39 is 0 Å². The molecule has 0 radical (unpaired) electrons. The summed E-state index contributed by atoms with van der Waals surface area (Å²) in [5.74, 6) is 0. The molecule has 2 nitrogen and oxygen atoms in total. The molecular formula is C17H22N2. The van der Waals surface area contributed by atoms with Gasteiger partial charge in [-0.2, -0.15) is 0 Å². The quantitative estimate of drug-likeness (QED) is 0.798. The Balaban J connectivity index is 2.09. The summed E-state index contributed by atoms with van der Waals surface area (Å²) in [5, 5.41) is 3.45. The molecule has 0 amide bonds. The first-order valence-electron chi connectivity index (χ1n) is 6.98. The highest BCUT2D eigenvalue weighted by Crippen LogP contribution is 2.15. The third kappa shape index (κ3) is 4.18. The molecule has 1 heterocycles. The SMILES string of the molecule is CCCNCc1ccc(C)c(Cc2ccccn2)c1. The van der Waals surface area contributed by atoms with Crippen LogP contribution in [-0.4, -0.2) is 11.5 Å². The lowest BCUT2D eigenvalue weighted by molar-refractivity contribution is 0.675. The first-order chi connectivity index (χ1) is 9.29. The minimum Gasteiger partial charge on any atom is -0.313 e. The van der Waals surface area contributed by atoms with E-state index in [0.29, 0.717) is 0 Å². The number of benzene rings is 1. The van der Waals surface area contributed by atoms with Gasteiger partial charge in [-0.3, -0.25) is 4.98 Å². The van der Waals surface area contributed by atoms with Gasteiger partial charge in [0, 0.05) is 24.9 Å². The van der Waals surface area contributed by atoms with Gasteiger partial charge in [0.1, 0.15) is 0 Å². The third-order valence-electron chi connectivity index (χ3n) is 3.27. The standard InChI is InChI=1S/C17H22N2/c1-3-9-18-13-15-8-7-14(2)16(11-15)12-17-6-4-5-10-19-17/h4-8,10-11,18H,3,9,12-13H2,1-2H3. The Morgan fingerprint density at radius 3 is 2.79 bits per heavy atom. The largest absolute Gasteiger partial charge is 0.313 e. The topological polar surface area (TPSA) is 24.9 Å². The van der Waals surface area contributed by atoms with Crippen molar-refractivity contribution in [3.63, 3.8) is 0 Å². The van der Waals surface area contributed by atoms with Gasteiger partial charge in [0.05, 0.1) is 0 Å². The highest BCUT2D eigenvalue weighted by Gasteiger charge is 2.03. The Hall–Kier alpha value is -1.67. The van der Waals surface area contributed by atoms with Crippen molar-refractivity contribution in [1.29, 1.82) is 0 Å². The fourth-order valence-corrected chi connectivity index (χ4v) is 2.13. The second-order valence-electron chi connectivity index (χ2n) is 4.94. The molecule has 0 aliphatic rings. The first kappa shape index (κ1) is 13.8. The number of rotatable bonds is 6. The van der Waals surface area contributed by atoms with Gasteiger partial charge in [0.25, 0.3) is 0 Å². The van der Waals surface area contributed by atoms with Gasteiger partial charge in [-0.15, -0.1) is 0 Å². The molecule has 0 aliphatic carbocycles. The van der Waals surface area contributed by atoms with E-state index in [9.17, 15) is 0 Å². The predicted molar refractivity (Wildman–Crippen MR) is 80.2 cm³/mol. The summed E-state index contributed by atoms with van der Waals surface area (Å²) in [7, 11) is 0. The number of aryl methyl sites for hydroxylation is 1. The maximum absolute atomic E-state index is 4.40. The van der Waals surface area contributed by atoms with Crippen LogP contribution in [0.5, 0.6) is 0 Å². The maximum Gasteiger partial charge on any atom is 0.0447 e. The predicted octanol–water partition coefficient (Wildman–Crippen LogP) is 3.48. The molecule has 19 heavy (non-hydrogen) atoms. The van der Waals surface area contributed by atoms with E-state index in [1.807, 2.05) is 18.3 Å². The molecule has 0 aliphatic heterocycles. The Bertz CT molecular complexity index is 506. The summed E-state index contributed by atoms with van der Waals surface area (Å²) in [5.41, 5.74) is 5.19. The number of nitrogens with one attached hydrogen (secondary N) is 1. The molecule has 0 unspecified atom stereocenters. The maximum atomic E-state index is 4.40. The van der Waals surface area contributed by atoms with Crippen LogP contribution in [0.15, 0.2) is 42.6 Å². The summed E-state index contributed by atoms with van der Waals surface area (Å²) < 4.78 is 0. The highest BCUT2D eigenvalue weighted by atomic mass is 14.8. The number of pyridine rings is 1. The van der Waals surface area contributed by atoms with Crippen LogP contribution in [0.1, 0.15) is 35.7 Å². The molecule has 100 valence electrons. The number of hydrogen-bond acceptors (Lipinski definition) is 2. The Labute approximate surface area is 115 Å². The minimum atomic E-state index is 0.911. The summed E-state index contributed by atoms with van der Waals surface area (Å²) in [6, 6.07) is 12.8. The van der Waals surface area contributed by atoms with Crippen molar-refractivity contribution in [2.24, 2.45) is 0 Å². The molecule has 2 aromatic rings. The minimum absolute atomic E-state index is 0.911. The van der Waals surface area contributed by atoms with Crippen molar-refractivity contribution >= 4 is 0 Å². The normalized spacial score (nSPS) is 10.6. The van der Waals surface area contributed by atoms with Gasteiger partial charge in [-0.25, -0.2) is 0 Å². The number of nitrogens with zero attached hydrogens (tertiary/aromatic N) is 1. The van der Waals surface area contributed by atoms with E-state index in [2.05, 4.69) is 48.4 Å². The van der Waals surface area contributed by atoms with Crippen LogP contribution in [0.4, 0.5) is 0 Å². The van der Waals surface area contributed by atoms with Gasteiger partial charge in [-0.05, 0) is 48.7 Å². The summed E-state index contributed by atoms with van der Waals surface area (Å²) in [6.07, 6.45) is 3.94. The van der Waals surface area contributed by atoms with E-state index in [-0.39, 0.29) is 0 Å². The average molecular weight is 254 g/mol. The van der Waals surface area contributed by atoms with Crippen LogP contribution in [0.2, 0.25) is 0 Å². The lowest BCUT2D eigenvalue weighted by Gasteiger charge is -2.09. The second-order valence-corrected chi connectivity index (χ2v) is 4.94. The molecule has 2 rings (SSSR count). The van der Waals surface area contributed by atoms with Gasteiger partial charge in [-0.1, -0.05) is 31.2 Å². The van der Waals surface area contributed by atoms with E-state index in [1.54, 1.807) is 0 Å². The van der Waals surface area contributed by atoms with Crippen LogP contribution in [0, 0.1) is 6.92 Å². The average Bonchev–Trinajstić information content (AvgIpc) is 2.44. The van der Waals surface area contributed by atoms with E-state index >= 15 is 0 Å². The summed E-state index contributed by atoms with van der Waals surface area (Å²) >= 11 is 0. The van der Waals surface area contributed by atoms with Crippen molar-refractivity contribution in [1.82, 2.24) is 10.3 Å². The van der Waals surface area contributed by atoms with E-state index in [0.717, 1.165) is 25.2 Å². The number of hydrogen-bond donors (Lipinski definition) is 1. The van der Waals surface area contributed by atoms with Crippen molar-refractivity contribution in [2.75, 3.05) is 6.54 Å². The molecule has 2 heteroatoms. The lowest BCUT2D eigenvalue weighted by atomic mass is 10.0. The second kappa shape index (κ2) is 7.05. The molecule has 0 bridgehead atoms. The Morgan fingerprint density at radius 1 is 1.16 bits per heavy atom. The lowest BCUT2D eigenvalue weighted by Crippen LogP contribution is -2.14. The fraction of sp³-hybridized carbons (Fsp3) is 0.353. The monoisotopic (exact) mass is 254 g/mol. The van der Waals surface area contributed by atoms with Crippen LogP contribution >= 0.6 is 0 Å². The molecule has 1 aromatic heterocycles. The van der Waals surface area contributed by atoms with Gasteiger partial charge in [0.2, 0.25) is 0 Å². The molecule has 0 saturated heterocycles. The van der Waals surface area contributed by atoms with Gasteiger partial charge in [0.15, 0.2) is 0 Å². The molecule has 0 atom stereocenters. The van der Waals surface area contributed by atoms with Crippen molar-refractivity contribution in [3.8, 4) is 0 Å². The zero-order valence-corrected chi connectivity index (χ0v) is 11.8. The van der Waals surface area contributed by atoms with Gasteiger partial charge >= 0.3 is 0 Å². The zero-order valence-electron chi connectivity index (χ0n) is 11.8. The molecule has 0 fully saturated rings. The fourth-order valence-electron chi connectivity index (χ4n) is 2.13. The van der Waals surface area contributed by atoms with Crippen molar-refractivity contribution in [2.45, 2.75) is 33.2 Å². The van der Waals surface area contributed by atoms with Crippen LogP contribution in [-0.2, 0) is 13.0 Å². The van der Waals surface area contributed by atoms with Crippen molar-refractivity contribution in [3.05, 3.63) is 65.0 Å². The van der Waals surface area contributed by atoms with Gasteiger partial charge < -0.3 is 5.32 Å². The van der Waals surface area contributed by atoms with Crippen LogP contribution < -0.4 is 5.32 Å². The third-order valence-corrected chi connectivity index (χ3v) is 3.27. The molecule has 1 aromatic carbocycles. The molecule has 1 N–H and O–H groups in total. The number of aromatic nitrogens is 1.